The van der Waals surface area contributed by atoms with Gasteiger partial charge in [0.1, 0.15) is 5.75 Å². The largest absolute Gasteiger partial charge is 0.493 e. The Bertz CT molecular complexity index is 852. The number of methoxy groups -OCH3 is 2. The van der Waals surface area contributed by atoms with Gasteiger partial charge in [-0.05, 0) is 60.4 Å². The van der Waals surface area contributed by atoms with Gasteiger partial charge in [-0.25, -0.2) is 9.59 Å². The Hall–Kier alpha value is -3.28. The molecule has 0 saturated carbocycles. The molecule has 2 aromatic carbocycles. The summed E-state index contributed by atoms with van der Waals surface area (Å²) in [5.74, 6) is 1.17. The zero-order valence-electron chi connectivity index (χ0n) is 17.1. The summed E-state index contributed by atoms with van der Waals surface area (Å²) < 4.78 is 21.0. The lowest BCUT2D eigenvalue weighted by molar-refractivity contribution is -0.128. The van der Waals surface area contributed by atoms with Crippen molar-refractivity contribution in [2.75, 3.05) is 20.8 Å². The Labute approximate surface area is 171 Å². The number of ether oxygens (including phenoxy) is 4. The molecule has 0 atom stereocenters. The molecule has 6 heteroatoms. The highest BCUT2D eigenvalue weighted by atomic mass is 16.5. The van der Waals surface area contributed by atoms with Gasteiger partial charge in [0.15, 0.2) is 11.5 Å². The summed E-state index contributed by atoms with van der Waals surface area (Å²) in [6.07, 6.45) is 3.91. The SMILES string of the molecule is COC(=O)c1ccc(OC(=O)/C=C/c2ccc(OCCC(C)C)c(OC)c2)cc1. The van der Waals surface area contributed by atoms with Crippen molar-refractivity contribution >= 4 is 18.0 Å². The third-order valence-electron chi connectivity index (χ3n) is 4.05. The average molecular weight is 398 g/mol. The second kappa shape index (κ2) is 10.9. The molecule has 0 heterocycles. The highest BCUT2D eigenvalue weighted by Crippen LogP contribution is 2.29. The van der Waals surface area contributed by atoms with Crippen LogP contribution in [0.5, 0.6) is 17.2 Å². The zero-order chi connectivity index (χ0) is 21.2. The van der Waals surface area contributed by atoms with Crippen molar-refractivity contribution in [2.45, 2.75) is 20.3 Å². The Morgan fingerprint density at radius 1 is 1.00 bits per heavy atom. The van der Waals surface area contributed by atoms with Gasteiger partial charge in [0.2, 0.25) is 0 Å². The fraction of sp³-hybridized carbons (Fsp3) is 0.304. The second-order valence-electron chi connectivity index (χ2n) is 6.71. The van der Waals surface area contributed by atoms with Crippen LogP contribution in [0.15, 0.2) is 48.5 Å². The summed E-state index contributed by atoms with van der Waals surface area (Å²) in [4.78, 5) is 23.4. The average Bonchev–Trinajstić information content (AvgIpc) is 2.72. The molecule has 0 aliphatic rings. The van der Waals surface area contributed by atoms with E-state index < -0.39 is 11.9 Å². The number of carbonyl (C=O) groups is 2. The van der Waals surface area contributed by atoms with Gasteiger partial charge >= 0.3 is 11.9 Å². The quantitative estimate of drug-likeness (QED) is 0.351. The molecule has 0 spiro atoms. The first-order chi connectivity index (χ1) is 13.9. The molecule has 29 heavy (non-hydrogen) atoms. The van der Waals surface area contributed by atoms with Crippen molar-refractivity contribution in [3.63, 3.8) is 0 Å². The van der Waals surface area contributed by atoms with E-state index in [9.17, 15) is 9.59 Å². The molecule has 2 aromatic rings. The fourth-order valence-corrected chi connectivity index (χ4v) is 2.40. The van der Waals surface area contributed by atoms with Gasteiger partial charge in [-0.15, -0.1) is 0 Å². The Morgan fingerprint density at radius 2 is 1.72 bits per heavy atom. The van der Waals surface area contributed by atoms with Gasteiger partial charge in [-0.2, -0.15) is 0 Å². The van der Waals surface area contributed by atoms with Crippen LogP contribution < -0.4 is 14.2 Å². The lowest BCUT2D eigenvalue weighted by Gasteiger charge is -2.12. The summed E-state index contributed by atoms with van der Waals surface area (Å²) in [6, 6.07) is 11.6. The summed E-state index contributed by atoms with van der Waals surface area (Å²) in [7, 11) is 2.88. The predicted octanol–water partition coefficient (Wildman–Crippen LogP) is 4.53. The number of benzene rings is 2. The fourth-order valence-electron chi connectivity index (χ4n) is 2.40. The molecule has 2 rings (SSSR count). The molecule has 0 aliphatic carbocycles. The molecule has 0 bridgehead atoms. The summed E-state index contributed by atoms with van der Waals surface area (Å²) in [5, 5.41) is 0. The van der Waals surface area contributed by atoms with Crippen LogP contribution >= 0.6 is 0 Å². The monoisotopic (exact) mass is 398 g/mol. The summed E-state index contributed by atoms with van der Waals surface area (Å²) >= 11 is 0. The van der Waals surface area contributed by atoms with Gasteiger partial charge in [0.05, 0.1) is 26.4 Å². The number of rotatable bonds is 9. The first-order valence-electron chi connectivity index (χ1n) is 9.32. The second-order valence-corrected chi connectivity index (χ2v) is 6.71. The van der Waals surface area contributed by atoms with Gasteiger partial charge in [-0.3, -0.25) is 0 Å². The van der Waals surface area contributed by atoms with Crippen LogP contribution in [0.2, 0.25) is 0 Å². The lowest BCUT2D eigenvalue weighted by atomic mass is 10.1. The summed E-state index contributed by atoms with van der Waals surface area (Å²) in [6.45, 7) is 4.90. The first kappa shape index (κ1) is 22.0. The van der Waals surface area contributed by atoms with Crippen LogP contribution in [0.1, 0.15) is 36.2 Å². The molecule has 154 valence electrons. The van der Waals surface area contributed by atoms with Crippen LogP contribution in [0.4, 0.5) is 0 Å². The topological polar surface area (TPSA) is 71.1 Å². The maximum atomic E-state index is 12.0. The Morgan fingerprint density at radius 3 is 2.34 bits per heavy atom. The molecule has 0 N–H and O–H groups in total. The van der Waals surface area contributed by atoms with Crippen molar-refractivity contribution in [3.8, 4) is 17.2 Å². The predicted molar refractivity (Wildman–Crippen MR) is 110 cm³/mol. The smallest absolute Gasteiger partial charge is 0.337 e. The lowest BCUT2D eigenvalue weighted by Crippen LogP contribution is -2.05. The molecule has 0 aromatic heterocycles. The van der Waals surface area contributed by atoms with Crippen molar-refractivity contribution in [1.29, 1.82) is 0 Å². The van der Waals surface area contributed by atoms with E-state index in [-0.39, 0.29) is 0 Å². The van der Waals surface area contributed by atoms with E-state index in [2.05, 4.69) is 18.6 Å². The zero-order valence-corrected chi connectivity index (χ0v) is 17.1. The minimum absolute atomic E-state index is 0.332. The number of hydrogen-bond donors (Lipinski definition) is 0. The molecule has 0 fully saturated rings. The van der Waals surface area contributed by atoms with E-state index in [1.54, 1.807) is 19.3 Å². The van der Waals surface area contributed by atoms with Gasteiger partial charge in [0.25, 0.3) is 0 Å². The van der Waals surface area contributed by atoms with Gasteiger partial charge in [-0.1, -0.05) is 19.9 Å². The third kappa shape index (κ3) is 6.99. The molecule has 0 aliphatic heterocycles. The van der Waals surface area contributed by atoms with E-state index in [1.807, 2.05) is 12.1 Å². The standard InChI is InChI=1S/C23H26O6/c1-16(2)13-14-28-20-11-5-17(15-21(20)26-3)6-12-22(24)29-19-9-7-18(8-10-19)23(25)27-4/h5-12,15-16H,13-14H2,1-4H3/b12-6+. The van der Waals surface area contributed by atoms with Crippen LogP contribution in [0, 0.1) is 5.92 Å². The summed E-state index contributed by atoms with van der Waals surface area (Å²) in [5.41, 5.74) is 1.15. The molecule has 0 amide bonds. The van der Waals surface area contributed by atoms with Crippen molar-refractivity contribution in [2.24, 2.45) is 5.92 Å². The van der Waals surface area contributed by atoms with Crippen LogP contribution in [-0.2, 0) is 9.53 Å². The van der Waals surface area contributed by atoms with E-state index in [0.717, 1.165) is 12.0 Å². The van der Waals surface area contributed by atoms with Crippen LogP contribution in [0.3, 0.4) is 0 Å². The maximum absolute atomic E-state index is 12.0. The molecule has 6 nitrogen and oxygen atoms in total. The normalized spacial score (nSPS) is 10.8. The Kier molecular flexibility index (Phi) is 8.27. The molecular formula is C23H26O6. The van der Waals surface area contributed by atoms with Crippen molar-refractivity contribution in [3.05, 3.63) is 59.7 Å². The van der Waals surface area contributed by atoms with Gasteiger partial charge in [0, 0.05) is 6.08 Å². The number of carbonyl (C=O) groups excluding carboxylic acids is 2. The van der Waals surface area contributed by atoms with Crippen molar-refractivity contribution in [1.82, 2.24) is 0 Å². The van der Waals surface area contributed by atoms with E-state index in [0.29, 0.717) is 35.3 Å². The van der Waals surface area contributed by atoms with E-state index in [1.165, 1.54) is 37.5 Å². The maximum Gasteiger partial charge on any atom is 0.337 e. The van der Waals surface area contributed by atoms with E-state index >= 15 is 0 Å². The molecular weight excluding hydrogens is 372 g/mol. The molecule has 0 unspecified atom stereocenters. The number of esters is 2. The minimum Gasteiger partial charge on any atom is -0.493 e. The first-order valence-corrected chi connectivity index (χ1v) is 9.32. The van der Waals surface area contributed by atoms with Crippen molar-refractivity contribution < 1.29 is 28.5 Å². The third-order valence-corrected chi connectivity index (χ3v) is 4.05. The molecule has 0 radical (unpaired) electrons. The number of hydrogen-bond acceptors (Lipinski definition) is 6. The van der Waals surface area contributed by atoms with Crippen LogP contribution in [-0.4, -0.2) is 32.8 Å². The van der Waals surface area contributed by atoms with Crippen LogP contribution in [0.25, 0.3) is 6.08 Å². The molecule has 0 saturated heterocycles. The minimum atomic E-state index is -0.535. The highest BCUT2D eigenvalue weighted by molar-refractivity contribution is 5.90. The highest BCUT2D eigenvalue weighted by Gasteiger charge is 2.08. The van der Waals surface area contributed by atoms with E-state index in [4.69, 9.17) is 14.2 Å². The van der Waals surface area contributed by atoms with Gasteiger partial charge < -0.3 is 18.9 Å². The Balaban J connectivity index is 1.97.